The van der Waals surface area contributed by atoms with E-state index in [0.717, 1.165) is 13.1 Å². The third-order valence-corrected chi connectivity index (χ3v) is 5.57. The number of aromatic nitrogens is 4. The lowest BCUT2D eigenvalue weighted by Crippen LogP contribution is -2.45. The molecule has 11 heteroatoms. The van der Waals surface area contributed by atoms with Gasteiger partial charge in [-0.25, -0.2) is 4.98 Å². The predicted octanol–water partition coefficient (Wildman–Crippen LogP) is 2.82. The van der Waals surface area contributed by atoms with E-state index in [-0.39, 0.29) is 0 Å². The average Bonchev–Trinajstić information content (AvgIpc) is 3.13. The predicted molar refractivity (Wildman–Crippen MR) is 113 cm³/mol. The normalized spacial score (nSPS) is 13.6. The maximum Gasteiger partial charge on any atom is 0.295 e. The summed E-state index contributed by atoms with van der Waals surface area (Å²) in [6, 6.07) is 3.42. The van der Waals surface area contributed by atoms with E-state index in [0.29, 0.717) is 56.1 Å². The van der Waals surface area contributed by atoms with Crippen LogP contribution in [0.5, 0.6) is 10.9 Å². The lowest BCUT2D eigenvalue weighted by molar-refractivity contribution is 0.102. The van der Waals surface area contributed by atoms with Gasteiger partial charge in [0.1, 0.15) is 10.9 Å². The van der Waals surface area contributed by atoms with E-state index in [1.54, 1.807) is 25.3 Å². The SMILES string of the molecule is COc1c(C)ncc(C(=O)Nc2nnc(OCC3CNC3)s2)c1-c1ccnc(Cl)c1. The smallest absolute Gasteiger partial charge is 0.295 e. The van der Waals surface area contributed by atoms with Gasteiger partial charge in [-0.15, -0.1) is 5.10 Å². The van der Waals surface area contributed by atoms with Crippen molar-refractivity contribution >= 4 is 34.0 Å². The summed E-state index contributed by atoms with van der Waals surface area (Å²) < 4.78 is 11.2. The number of hydrogen-bond acceptors (Lipinski definition) is 9. The van der Waals surface area contributed by atoms with Gasteiger partial charge in [0.2, 0.25) is 5.13 Å². The van der Waals surface area contributed by atoms with Gasteiger partial charge < -0.3 is 14.8 Å². The van der Waals surface area contributed by atoms with E-state index in [1.165, 1.54) is 24.6 Å². The Kier molecular flexibility index (Phi) is 6.07. The van der Waals surface area contributed by atoms with Gasteiger partial charge in [0, 0.05) is 37.0 Å². The molecule has 0 spiro atoms. The number of carbonyl (C=O) groups excluding carboxylic acids is 1. The van der Waals surface area contributed by atoms with Gasteiger partial charge in [0.25, 0.3) is 11.1 Å². The van der Waals surface area contributed by atoms with Crippen LogP contribution >= 0.6 is 22.9 Å². The number of hydrogen-bond donors (Lipinski definition) is 2. The van der Waals surface area contributed by atoms with E-state index in [1.807, 2.05) is 0 Å². The molecule has 2 N–H and O–H groups in total. The Labute approximate surface area is 181 Å². The van der Waals surface area contributed by atoms with Crippen molar-refractivity contribution < 1.29 is 14.3 Å². The van der Waals surface area contributed by atoms with Gasteiger partial charge in [-0.3, -0.25) is 15.1 Å². The number of amides is 1. The number of nitrogens with zero attached hydrogens (tertiary/aromatic N) is 4. The lowest BCUT2D eigenvalue weighted by atomic mass is 9.99. The second kappa shape index (κ2) is 8.90. The molecule has 3 aromatic rings. The summed E-state index contributed by atoms with van der Waals surface area (Å²) in [4.78, 5) is 21.3. The Morgan fingerprint density at radius 2 is 2.20 bits per heavy atom. The van der Waals surface area contributed by atoms with Crippen LogP contribution in [0.1, 0.15) is 16.1 Å². The van der Waals surface area contributed by atoms with Gasteiger partial charge in [-0.2, -0.15) is 0 Å². The number of methoxy groups -OCH3 is 1. The molecule has 3 aromatic heterocycles. The van der Waals surface area contributed by atoms with Crippen LogP contribution in [0.4, 0.5) is 5.13 Å². The van der Waals surface area contributed by atoms with Crippen LogP contribution in [0, 0.1) is 12.8 Å². The number of halogens is 1. The molecule has 0 radical (unpaired) electrons. The first-order valence-electron chi connectivity index (χ1n) is 9.19. The van der Waals surface area contributed by atoms with Crippen LogP contribution in [-0.2, 0) is 0 Å². The number of anilines is 1. The zero-order chi connectivity index (χ0) is 21.1. The topological polar surface area (TPSA) is 111 Å². The van der Waals surface area contributed by atoms with Crippen LogP contribution in [0.25, 0.3) is 11.1 Å². The summed E-state index contributed by atoms with van der Waals surface area (Å²) in [5, 5.41) is 15.0. The first-order chi connectivity index (χ1) is 14.5. The summed E-state index contributed by atoms with van der Waals surface area (Å²) in [6.07, 6.45) is 3.07. The number of carbonyl (C=O) groups is 1. The fraction of sp³-hybridized carbons (Fsp3) is 0.316. The van der Waals surface area contributed by atoms with Gasteiger partial charge >= 0.3 is 0 Å². The monoisotopic (exact) mass is 446 g/mol. The van der Waals surface area contributed by atoms with Crippen molar-refractivity contribution in [1.29, 1.82) is 0 Å². The molecule has 1 fully saturated rings. The van der Waals surface area contributed by atoms with Crippen LogP contribution in [0.2, 0.25) is 5.15 Å². The molecule has 0 saturated carbocycles. The van der Waals surface area contributed by atoms with E-state index >= 15 is 0 Å². The maximum atomic E-state index is 13.0. The summed E-state index contributed by atoms with van der Waals surface area (Å²) in [5.74, 6) is 0.572. The zero-order valence-corrected chi connectivity index (χ0v) is 17.9. The molecule has 4 heterocycles. The Balaban J connectivity index is 1.58. The quantitative estimate of drug-likeness (QED) is 0.533. The molecule has 156 valence electrons. The maximum absolute atomic E-state index is 13.0. The first-order valence-corrected chi connectivity index (χ1v) is 10.4. The van der Waals surface area contributed by atoms with Crippen LogP contribution in [-0.4, -0.2) is 52.9 Å². The van der Waals surface area contributed by atoms with Crippen molar-refractivity contribution in [3.05, 3.63) is 40.9 Å². The zero-order valence-electron chi connectivity index (χ0n) is 16.3. The standard InChI is InChI=1S/C19H19ClN6O3S/c1-10-16(28-2)15(12-3-4-22-14(20)5-12)13(8-23-10)17(27)24-18-25-26-19(30-18)29-9-11-6-21-7-11/h3-5,8,11,21H,6-7,9H2,1-2H3,(H,24,25,27). The summed E-state index contributed by atoms with van der Waals surface area (Å²) in [5.41, 5.74) is 2.23. The van der Waals surface area contributed by atoms with Crippen LogP contribution < -0.4 is 20.1 Å². The molecule has 9 nitrogen and oxygen atoms in total. The molecular formula is C19H19ClN6O3S. The molecule has 0 unspecified atom stereocenters. The molecular weight excluding hydrogens is 428 g/mol. The molecule has 0 aliphatic carbocycles. The Bertz CT molecular complexity index is 1070. The molecule has 1 saturated heterocycles. The minimum Gasteiger partial charge on any atom is -0.494 e. The first kappa shape index (κ1) is 20.5. The third kappa shape index (κ3) is 4.35. The van der Waals surface area contributed by atoms with Crippen molar-refractivity contribution in [3.63, 3.8) is 0 Å². The van der Waals surface area contributed by atoms with E-state index < -0.39 is 5.91 Å². The van der Waals surface area contributed by atoms with Gasteiger partial charge in [-0.05, 0) is 36.0 Å². The highest BCUT2D eigenvalue weighted by atomic mass is 35.5. The van der Waals surface area contributed by atoms with Crippen molar-refractivity contribution in [1.82, 2.24) is 25.5 Å². The number of pyridine rings is 2. The summed E-state index contributed by atoms with van der Waals surface area (Å²) in [6.45, 7) is 4.25. The number of aryl methyl sites for hydroxylation is 1. The minimum absolute atomic E-state index is 0.308. The molecule has 1 aliphatic heterocycles. The highest BCUT2D eigenvalue weighted by molar-refractivity contribution is 7.17. The molecule has 4 rings (SSSR count). The van der Waals surface area contributed by atoms with E-state index in [2.05, 4.69) is 30.8 Å². The highest BCUT2D eigenvalue weighted by Crippen LogP contribution is 2.36. The second-order valence-electron chi connectivity index (χ2n) is 6.70. The molecule has 0 aromatic carbocycles. The number of ether oxygens (including phenoxy) is 2. The van der Waals surface area contributed by atoms with Gasteiger partial charge in [0.05, 0.1) is 25.0 Å². The third-order valence-electron chi connectivity index (χ3n) is 4.61. The largest absolute Gasteiger partial charge is 0.494 e. The van der Waals surface area contributed by atoms with Crippen molar-refractivity contribution in [3.8, 4) is 22.1 Å². The van der Waals surface area contributed by atoms with Crippen molar-refractivity contribution in [2.45, 2.75) is 6.92 Å². The minimum atomic E-state index is -0.394. The summed E-state index contributed by atoms with van der Waals surface area (Å²) >= 11 is 7.23. The van der Waals surface area contributed by atoms with Crippen molar-refractivity contribution in [2.24, 2.45) is 5.92 Å². The Hall–Kier alpha value is -2.82. The van der Waals surface area contributed by atoms with Crippen LogP contribution in [0.3, 0.4) is 0 Å². The van der Waals surface area contributed by atoms with E-state index in [4.69, 9.17) is 21.1 Å². The molecule has 1 amide bonds. The van der Waals surface area contributed by atoms with E-state index in [9.17, 15) is 4.79 Å². The number of rotatable bonds is 7. The Morgan fingerprint density at radius 1 is 1.37 bits per heavy atom. The fourth-order valence-electron chi connectivity index (χ4n) is 2.99. The molecule has 0 atom stereocenters. The molecule has 30 heavy (non-hydrogen) atoms. The lowest BCUT2D eigenvalue weighted by Gasteiger charge is -2.25. The van der Waals surface area contributed by atoms with Gasteiger partial charge in [-0.1, -0.05) is 16.7 Å². The van der Waals surface area contributed by atoms with Crippen molar-refractivity contribution in [2.75, 3.05) is 32.1 Å². The van der Waals surface area contributed by atoms with Crippen LogP contribution in [0.15, 0.2) is 24.5 Å². The summed E-state index contributed by atoms with van der Waals surface area (Å²) in [7, 11) is 1.53. The number of nitrogens with one attached hydrogen (secondary N) is 2. The second-order valence-corrected chi connectivity index (χ2v) is 8.02. The Morgan fingerprint density at radius 3 is 2.90 bits per heavy atom. The fourth-order valence-corrected chi connectivity index (χ4v) is 3.77. The molecule has 1 aliphatic rings. The highest BCUT2D eigenvalue weighted by Gasteiger charge is 2.22. The average molecular weight is 447 g/mol. The molecule has 0 bridgehead atoms. The van der Waals surface area contributed by atoms with Gasteiger partial charge in [0.15, 0.2) is 0 Å².